The molecule has 1 aliphatic carbocycles. The van der Waals surface area contributed by atoms with Crippen LogP contribution in [0.2, 0.25) is 0 Å². The summed E-state index contributed by atoms with van der Waals surface area (Å²) in [7, 11) is 2.34. The summed E-state index contributed by atoms with van der Waals surface area (Å²) in [6.07, 6.45) is 9.86. The van der Waals surface area contributed by atoms with Gasteiger partial charge in [0.1, 0.15) is 0 Å². The monoisotopic (exact) mass is 254 g/mol. The molecule has 0 bridgehead atoms. The van der Waals surface area contributed by atoms with Crippen LogP contribution in [-0.4, -0.2) is 37.6 Å². The first-order chi connectivity index (χ1) is 8.61. The zero-order valence-corrected chi connectivity index (χ0v) is 13.1. The standard InChI is InChI=1S/C16H34N2/c1-5-16(3,13-17-6-2)14-18(4)15-11-9-7-8-10-12-15/h15,17H,5-14H2,1-4H3. The van der Waals surface area contributed by atoms with Crippen LogP contribution in [0.3, 0.4) is 0 Å². The van der Waals surface area contributed by atoms with Crippen LogP contribution < -0.4 is 5.32 Å². The lowest BCUT2D eigenvalue weighted by molar-refractivity contribution is 0.131. The maximum atomic E-state index is 3.53. The van der Waals surface area contributed by atoms with Crippen LogP contribution in [0.5, 0.6) is 0 Å². The molecule has 2 heteroatoms. The van der Waals surface area contributed by atoms with Crippen molar-refractivity contribution in [2.24, 2.45) is 5.41 Å². The predicted molar refractivity (Wildman–Crippen MR) is 81.1 cm³/mol. The summed E-state index contributed by atoms with van der Waals surface area (Å²) >= 11 is 0. The highest BCUT2D eigenvalue weighted by molar-refractivity contribution is 4.82. The van der Waals surface area contributed by atoms with Gasteiger partial charge in [-0.25, -0.2) is 0 Å². The number of nitrogens with one attached hydrogen (secondary N) is 1. The van der Waals surface area contributed by atoms with Gasteiger partial charge in [0.25, 0.3) is 0 Å². The number of hydrogen-bond acceptors (Lipinski definition) is 2. The molecule has 108 valence electrons. The summed E-state index contributed by atoms with van der Waals surface area (Å²) in [4.78, 5) is 2.64. The Morgan fingerprint density at radius 3 is 2.22 bits per heavy atom. The van der Waals surface area contributed by atoms with Crippen molar-refractivity contribution in [1.29, 1.82) is 0 Å². The summed E-state index contributed by atoms with van der Waals surface area (Å²) < 4.78 is 0. The van der Waals surface area contributed by atoms with Gasteiger partial charge in [-0.05, 0) is 38.3 Å². The van der Waals surface area contributed by atoms with Crippen LogP contribution in [-0.2, 0) is 0 Å². The minimum atomic E-state index is 0.428. The molecule has 1 rings (SSSR count). The van der Waals surface area contributed by atoms with Crippen LogP contribution in [0.15, 0.2) is 0 Å². The fourth-order valence-corrected chi connectivity index (χ4v) is 3.15. The summed E-state index contributed by atoms with van der Waals surface area (Å²) in [6.45, 7) is 10.4. The van der Waals surface area contributed by atoms with Crippen molar-refractivity contribution in [3.05, 3.63) is 0 Å². The van der Waals surface area contributed by atoms with E-state index < -0.39 is 0 Å². The highest BCUT2D eigenvalue weighted by Gasteiger charge is 2.26. The van der Waals surface area contributed by atoms with Crippen molar-refractivity contribution in [2.45, 2.75) is 71.8 Å². The maximum absolute atomic E-state index is 3.53. The minimum Gasteiger partial charge on any atom is -0.316 e. The number of rotatable bonds is 7. The van der Waals surface area contributed by atoms with Gasteiger partial charge in [-0.1, -0.05) is 46.5 Å². The predicted octanol–water partition coefficient (Wildman–Crippen LogP) is 3.67. The number of nitrogens with zero attached hydrogens (tertiary/aromatic N) is 1. The third-order valence-corrected chi connectivity index (χ3v) is 4.73. The van der Waals surface area contributed by atoms with Gasteiger partial charge in [0.05, 0.1) is 0 Å². The van der Waals surface area contributed by atoms with E-state index in [2.05, 4.69) is 38.0 Å². The first kappa shape index (κ1) is 16.0. The molecule has 18 heavy (non-hydrogen) atoms. The Morgan fingerprint density at radius 1 is 1.11 bits per heavy atom. The Bertz CT molecular complexity index is 209. The molecule has 1 fully saturated rings. The molecule has 0 aliphatic heterocycles. The average Bonchev–Trinajstić information content (AvgIpc) is 2.65. The zero-order chi connectivity index (χ0) is 13.4. The zero-order valence-electron chi connectivity index (χ0n) is 13.1. The van der Waals surface area contributed by atoms with Gasteiger partial charge in [-0.3, -0.25) is 0 Å². The third-order valence-electron chi connectivity index (χ3n) is 4.73. The fourth-order valence-electron chi connectivity index (χ4n) is 3.15. The van der Waals surface area contributed by atoms with E-state index in [9.17, 15) is 0 Å². The van der Waals surface area contributed by atoms with E-state index in [0.717, 1.165) is 19.1 Å². The Morgan fingerprint density at radius 2 is 1.72 bits per heavy atom. The van der Waals surface area contributed by atoms with Crippen molar-refractivity contribution in [3.8, 4) is 0 Å². The molecule has 0 radical (unpaired) electrons. The molecule has 1 N–H and O–H groups in total. The topological polar surface area (TPSA) is 15.3 Å². The molecule has 1 saturated carbocycles. The molecule has 0 spiro atoms. The molecule has 0 aromatic carbocycles. The van der Waals surface area contributed by atoms with Crippen LogP contribution >= 0.6 is 0 Å². The Kier molecular flexibility index (Phi) is 7.25. The van der Waals surface area contributed by atoms with E-state index in [4.69, 9.17) is 0 Å². The third kappa shape index (κ3) is 5.27. The second-order valence-corrected chi connectivity index (χ2v) is 6.51. The van der Waals surface area contributed by atoms with Crippen molar-refractivity contribution < 1.29 is 0 Å². The van der Waals surface area contributed by atoms with E-state index in [1.807, 2.05) is 0 Å². The first-order valence-electron chi connectivity index (χ1n) is 8.02. The van der Waals surface area contributed by atoms with Gasteiger partial charge >= 0.3 is 0 Å². The van der Waals surface area contributed by atoms with Crippen molar-refractivity contribution in [2.75, 3.05) is 26.7 Å². The summed E-state index contributed by atoms with van der Waals surface area (Å²) in [5, 5.41) is 3.53. The normalized spacial score (nSPS) is 21.8. The second-order valence-electron chi connectivity index (χ2n) is 6.51. The summed E-state index contributed by atoms with van der Waals surface area (Å²) in [5.74, 6) is 0. The van der Waals surface area contributed by atoms with E-state index in [1.165, 1.54) is 51.5 Å². The summed E-state index contributed by atoms with van der Waals surface area (Å²) in [5.41, 5.74) is 0.428. The minimum absolute atomic E-state index is 0.428. The lowest BCUT2D eigenvalue weighted by Gasteiger charge is -2.37. The molecule has 1 aliphatic rings. The quantitative estimate of drug-likeness (QED) is 0.697. The Hall–Kier alpha value is -0.0800. The molecule has 0 saturated heterocycles. The molecule has 0 aromatic heterocycles. The molecule has 1 atom stereocenters. The first-order valence-corrected chi connectivity index (χ1v) is 8.02. The van der Waals surface area contributed by atoms with Crippen LogP contribution in [0.25, 0.3) is 0 Å². The molecule has 1 unspecified atom stereocenters. The highest BCUT2D eigenvalue weighted by Crippen LogP contribution is 2.26. The van der Waals surface area contributed by atoms with E-state index >= 15 is 0 Å². The molecule has 2 nitrogen and oxygen atoms in total. The second kappa shape index (κ2) is 8.16. The van der Waals surface area contributed by atoms with Crippen LogP contribution in [0, 0.1) is 5.41 Å². The van der Waals surface area contributed by atoms with E-state index in [1.54, 1.807) is 0 Å². The smallest absolute Gasteiger partial charge is 0.00924 e. The van der Waals surface area contributed by atoms with Crippen LogP contribution in [0.1, 0.15) is 65.7 Å². The van der Waals surface area contributed by atoms with E-state index in [-0.39, 0.29) is 0 Å². The lowest BCUT2D eigenvalue weighted by atomic mass is 9.86. The average molecular weight is 254 g/mol. The van der Waals surface area contributed by atoms with Gasteiger partial charge in [0.15, 0.2) is 0 Å². The number of hydrogen-bond donors (Lipinski definition) is 1. The maximum Gasteiger partial charge on any atom is 0.00924 e. The highest BCUT2D eigenvalue weighted by atomic mass is 15.1. The molecule has 0 heterocycles. The molecular formula is C16H34N2. The Labute approximate surface area is 115 Å². The van der Waals surface area contributed by atoms with Gasteiger partial charge < -0.3 is 10.2 Å². The largest absolute Gasteiger partial charge is 0.316 e. The van der Waals surface area contributed by atoms with Gasteiger partial charge in [-0.15, -0.1) is 0 Å². The fraction of sp³-hybridized carbons (Fsp3) is 1.00. The lowest BCUT2D eigenvalue weighted by Crippen LogP contribution is -2.44. The van der Waals surface area contributed by atoms with Gasteiger partial charge in [0.2, 0.25) is 0 Å². The Balaban J connectivity index is 2.46. The SMILES string of the molecule is CCNCC(C)(CC)CN(C)C1CCCCCC1. The van der Waals surface area contributed by atoms with Gasteiger partial charge in [-0.2, -0.15) is 0 Å². The van der Waals surface area contributed by atoms with Crippen molar-refractivity contribution in [3.63, 3.8) is 0 Å². The molecule has 0 aromatic rings. The van der Waals surface area contributed by atoms with Crippen LogP contribution in [0.4, 0.5) is 0 Å². The van der Waals surface area contributed by atoms with Crippen molar-refractivity contribution in [1.82, 2.24) is 10.2 Å². The molecule has 0 amide bonds. The van der Waals surface area contributed by atoms with E-state index in [0.29, 0.717) is 5.41 Å². The summed E-state index contributed by atoms with van der Waals surface area (Å²) in [6, 6.07) is 0.833. The van der Waals surface area contributed by atoms with Gasteiger partial charge in [0, 0.05) is 19.1 Å². The van der Waals surface area contributed by atoms with Crippen molar-refractivity contribution >= 4 is 0 Å². The molecular weight excluding hydrogens is 220 g/mol.